The quantitative estimate of drug-likeness (QED) is 0.465. The van der Waals surface area contributed by atoms with Crippen molar-refractivity contribution in [1.29, 1.82) is 0 Å². The molecule has 0 aliphatic rings. The number of amides is 3. The highest BCUT2D eigenvalue weighted by Gasteiger charge is 2.46. The van der Waals surface area contributed by atoms with Crippen LogP contribution in [0.3, 0.4) is 0 Å². The highest BCUT2D eigenvalue weighted by Crippen LogP contribution is 2.21. The molecule has 0 aliphatic heterocycles. The maximum atomic E-state index is 14.0. The minimum atomic E-state index is -3.16. The summed E-state index contributed by atoms with van der Waals surface area (Å²) in [5.41, 5.74) is 4.78. The highest BCUT2D eigenvalue weighted by molar-refractivity contribution is 5.88. The van der Waals surface area contributed by atoms with Gasteiger partial charge < -0.3 is 11.1 Å². The van der Waals surface area contributed by atoms with Gasteiger partial charge in [-0.2, -0.15) is 0 Å². The summed E-state index contributed by atoms with van der Waals surface area (Å²) in [6.07, 6.45) is -0.340. The second kappa shape index (κ2) is 7.03. The summed E-state index contributed by atoms with van der Waals surface area (Å²) in [4.78, 5) is 21.8. The molecular formula is C10H19F2N3O2. The molecule has 0 aromatic carbocycles. The van der Waals surface area contributed by atoms with E-state index in [1.165, 1.54) is 7.05 Å². The van der Waals surface area contributed by atoms with Crippen molar-refractivity contribution in [3.05, 3.63) is 0 Å². The number of unbranched alkanes of at least 4 members (excludes halogenated alkanes) is 2. The van der Waals surface area contributed by atoms with Crippen LogP contribution in [0.1, 0.15) is 32.6 Å². The lowest BCUT2D eigenvalue weighted by atomic mass is 10.0. The molecule has 0 rings (SSSR count). The summed E-state index contributed by atoms with van der Waals surface area (Å²) in [6, 6.07) is -0.996. The van der Waals surface area contributed by atoms with E-state index in [0.29, 0.717) is 6.42 Å². The van der Waals surface area contributed by atoms with Crippen LogP contribution in [0.5, 0.6) is 0 Å². The fraction of sp³-hybridized carbons (Fsp3) is 0.800. The van der Waals surface area contributed by atoms with E-state index >= 15 is 0 Å². The van der Waals surface area contributed by atoms with E-state index < -0.39 is 23.9 Å². The first kappa shape index (κ1) is 15.6. The Hall–Kier alpha value is -1.40. The molecule has 0 bridgehead atoms. The van der Waals surface area contributed by atoms with Crippen molar-refractivity contribution in [1.82, 2.24) is 10.6 Å². The zero-order valence-electron chi connectivity index (χ0n) is 10.1. The van der Waals surface area contributed by atoms with Crippen LogP contribution >= 0.6 is 0 Å². The van der Waals surface area contributed by atoms with E-state index in [1.807, 2.05) is 12.2 Å². The molecule has 17 heavy (non-hydrogen) atoms. The van der Waals surface area contributed by atoms with Crippen LogP contribution in [0.25, 0.3) is 0 Å². The highest BCUT2D eigenvalue weighted by atomic mass is 19.2. The summed E-state index contributed by atoms with van der Waals surface area (Å²) in [5, 5.41) is 3.64. The van der Waals surface area contributed by atoms with E-state index in [4.69, 9.17) is 5.73 Å². The van der Waals surface area contributed by atoms with Gasteiger partial charge in [-0.15, -0.1) is 0 Å². The van der Waals surface area contributed by atoms with Crippen LogP contribution in [0, 0.1) is 0 Å². The van der Waals surface area contributed by atoms with Gasteiger partial charge in [-0.25, -0.2) is 13.6 Å². The van der Waals surface area contributed by atoms with Crippen molar-refractivity contribution in [2.45, 2.75) is 44.6 Å². The number of primary amides is 1. The molecule has 0 spiro atoms. The third-order valence-electron chi connectivity index (χ3n) is 2.37. The molecule has 2 unspecified atom stereocenters. The molecule has 0 aromatic heterocycles. The van der Waals surface area contributed by atoms with Gasteiger partial charge in [0, 0.05) is 7.05 Å². The van der Waals surface area contributed by atoms with Gasteiger partial charge >= 0.3 is 6.03 Å². The Labute approximate surface area is 99.1 Å². The number of urea groups is 1. The molecule has 0 saturated carbocycles. The van der Waals surface area contributed by atoms with E-state index in [2.05, 4.69) is 0 Å². The lowest BCUT2D eigenvalue weighted by molar-refractivity contribution is -0.136. The smallest absolute Gasteiger partial charge is 0.317 e. The van der Waals surface area contributed by atoms with Crippen LogP contribution in [-0.2, 0) is 4.79 Å². The number of hydrogen-bond donors (Lipinski definition) is 3. The average molecular weight is 251 g/mol. The first-order chi connectivity index (χ1) is 7.88. The summed E-state index contributed by atoms with van der Waals surface area (Å²) >= 11 is 0. The number of nitrogens with two attached hydrogens (primary N) is 1. The van der Waals surface area contributed by atoms with Crippen molar-refractivity contribution in [2.75, 3.05) is 7.05 Å². The summed E-state index contributed by atoms with van der Waals surface area (Å²) < 4.78 is 27.6. The molecule has 7 heteroatoms. The van der Waals surface area contributed by atoms with Crippen molar-refractivity contribution in [3.63, 3.8) is 0 Å². The molecule has 2 atom stereocenters. The Balaban J connectivity index is 4.58. The Morgan fingerprint density at radius 1 is 1.41 bits per heavy atom. The molecule has 4 N–H and O–H groups in total. The maximum Gasteiger partial charge on any atom is 0.317 e. The van der Waals surface area contributed by atoms with Crippen molar-refractivity contribution in [3.8, 4) is 0 Å². The summed E-state index contributed by atoms with van der Waals surface area (Å²) in [6.45, 7) is 1.91. The zero-order chi connectivity index (χ0) is 13.5. The number of hydrogen-bond acceptors (Lipinski definition) is 2. The Morgan fingerprint density at radius 3 is 2.41 bits per heavy atom. The van der Waals surface area contributed by atoms with Crippen LogP contribution in [0.2, 0.25) is 0 Å². The molecular weight excluding hydrogens is 232 g/mol. The molecule has 5 nitrogen and oxygen atoms in total. The first-order valence-electron chi connectivity index (χ1n) is 5.51. The third kappa shape index (κ3) is 4.54. The van der Waals surface area contributed by atoms with Crippen LogP contribution in [0.4, 0.5) is 13.6 Å². The number of nitrogens with one attached hydrogen (secondary N) is 2. The van der Waals surface area contributed by atoms with E-state index in [9.17, 15) is 18.4 Å². The van der Waals surface area contributed by atoms with Crippen LogP contribution < -0.4 is 16.4 Å². The topological polar surface area (TPSA) is 84.2 Å². The predicted octanol–water partition coefficient (Wildman–Crippen LogP) is 0.985. The predicted molar refractivity (Wildman–Crippen MR) is 59.7 cm³/mol. The average Bonchev–Trinajstić information content (AvgIpc) is 2.28. The number of carbonyl (C=O) groups is 2. The molecule has 0 aliphatic carbocycles. The van der Waals surface area contributed by atoms with Gasteiger partial charge in [-0.1, -0.05) is 26.2 Å². The molecule has 3 amide bonds. The number of carbonyl (C=O) groups excluding carboxylic acids is 2. The zero-order valence-corrected chi connectivity index (χ0v) is 10.1. The molecule has 0 fully saturated rings. The fourth-order valence-electron chi connectivity index (χ4n) is 1.29. The van der Waals surface area contributed by atoms with Gasteiger partial charge in [0.1, 0.15) is 0 Å². The van der Waals surface area contributed by atoms with Gasteiger partial charge in [-0.3, -0.25) is 10.1 Å². The van der Waals surface area contributed by atoms with Crippen molar-refractivity contribution < 1.29 is 18.4 Å². The number of halogens is 2. The molecule has 100 valence electrons. The summed E-state index contributed by atoms with van der Waals surface area (Å²) in [5.74, 6) is -4.70. The van der Waals surface area contributed by atoms with Gasteiger partial charge in [-0.05, 0) is 6.42 Å². The van der Waals surface area contributed by atoms with E-state index in [0.717, 1.165) is 12.8 Å². The largest absolute Gasteiger partial charge is 0.365 e. The lowest BCUT2D eigenvalue weighted by Crippen LogP contribution is -2.61. The van der Waals surface area contributed by atoms with Crippen molar-refractivity contribution >= 4 is 11.9 Å². The molecule has 0 saturated heterocycles. The Morgan fingerprint density at radius 2 is 2.00 bits per heavy atom. The summed E-state index contributed by atoms with van der Waals surface area (Å²) in [7, 11) is 1.22. The number of rotatable bonds is 7. The Kier molecular flexibility index (Phi) is 6.45. The Bertz CT molecular complexity index is 276. The van der Waals surface area contributed by atoms with E-state index in [1.54, 1.807) is 5.32 Å². The fourth-order valence-corrected chi connectivity index (χ4v) is 1.29. The molecule has 0 heterocycles. The van der Waals surface area contributed by atoms with Gasteiger partial charge in [0.15, 0.2) is 6.17 Å². The number of alkyl halides is 2. The van der Waals surface area contributed by atoms with Gasteiger partial charge in [0.05, 0.1) is 0 Å². The molecule has 0 radical (unpaired) electrons. The SMILES string of the molecule is CCCCCC(F)C(F)(NC(=O)NC)C(N)=O. The maximum absolute atomic E-state index is 14.0. The van der Waals surface area contributed by atoms with Crippen molar-refractivity contribution in [2.24, 2.45) is 5.73 Å². The minimum Gasteiger partial charge on any atom is -0.365 e. The van der Waals surface area contributed by atoms with Gasteiger partial charge in [0.25, 0.3) is 11.7 Å². The molecule has 0 aromatic rings. The third-order valence-corrected chi connectivity index (χ3v) is 2.37. The standard InChI is InChI=1S/C10H19F2N3O2/c1-3-4-5-6-7(11)10(12,8(13)16)15-9(17)14-2/h7H,3-6H2,1-2H3,(H2,13,16)(H2,14,15,17). The first-order valence-corrected chi connectivity index (χ1v) is 5.51. The minimum absolute atomic E-state index is 0.169. The normalized spacial score (nSPS) is 15.8. The van der Waals surface area contributed by atoms with E-state index in [-0.39, 0.29) is 6.42 Å². The monoisotopic (exact) mass is 251 g/mol. The van der Waals surface area contributed by atoms with Crippen LogP contribution in [-0.4, -0.2) is 31.0 Å². The van der Waals surface area contributed by atoms with Crippen LogP contribution in [0.15, 0.2) is 0 Å². The van der Waals surface area contributed by atoms with Gasteiger partial charge in [0.2, 0.25) is 0 Å². The lowest BCUT2D eigenvalue weighted by Gasteiger charge is -2.26. The second-order valence-electron chi connectivity index (χ2n) is 3.74. The second-order valence-corrected chi connectivity index (χ2v) is 3.74.